The number of nitrogens with two attached hydrogens (primary N) is 1. The summed E-state index contributed by atoms with van der Waals surface area (Å²) in [6.45, 7) is 15.8. The van der Waals surface area contributed by atoms with E-state index in [9.17, 15) is 49.5 Å². The lowest BCUT2D eigenvalue weighted by atomic mass is 9.89. The minimum Gasteiger partial charge on any atom is -0.479 e. The smallest absolute Gasteiger partial charge is 0.348 e. The highest BCUT2D eigenvalue weighted by molar-refractivity contribution is 7.07. The van der Waals surface area contributed by atoms with Crippen LogP contribution in [-0.4, -0.2) is 92.7 Å². The number of ether oxygens (including phenoxy) is 3. The van der Waals surface area contributed by atoms with Crippen molar-refractivity contribution >= 4 is 58.3 Å². The second-order valence-corrected chi connectivity index (χ2v) is 23.8. The summed E-state index contributed by atoms with van der Waals surface area (Å²) in [5.41, 5.74) is 9.52. The van der Waals surface area contributed by atoms with Gasteiger partial charge in [0.25, 0.3) is 5.60 Å². The summed E-state index contributed by atoms with van der Waals surface area (Å²) in [6.07, 6.45) is 1.57. The first kappa shape index (κ1) is 63.7. The summed E-state index contributed by atoms with van der Waals surface area (Å²) >= 11 is 2.68. The monoisotopic (exact) mass is 1160 g/mol. The summed E-state index contributed by atoms with van der Waals surface area (Å²) in [4.78, 5) is 72.2. The average Bonchev–Trinajstić information content (AvgIpc) is 4.02. The molecule has 2 atom stereocenters. The maximum Gasteiger partial charge on any atom is 0.348 e. The number of nitrogens with zero attached hydrogens (tertiary/aromatic N) is 3. The minimum absolute atomic E-state index is 0.0875. The Morgan fingerprint density at radius 2 is 0.819 bits per heavy atom. The summed E-state index contributed by atoms with van der Waals surface area (Å²) in [7, 11) is 0. The van der Waals surface area contributed by atoms with Gasteiger partial charge in [-0.1, -0.05) is 121 Å². The maximum atomic E-state index is 12.4. The normalized spacial score (nSPS) is 13.2. The van der Waals surface area contributed by atoms with Crippen molar-refractivity contribution in [3.63, 3.8) is 0 Å². The van der Waals surface area contributed by atoms with Gasteiger partial charge in [-0.05, 0) is 125 Å². The number of carboxylic acid groups (broad SMARTS) is 5. The van der Waals surface area contributed by atoms with Gasteiger partial charge in [0.1, 0.15) is 5.82 Å². The Labute approximate surface area is 490 Å². The van der Waals surface area contributed by atoms with E-state index in [1.54, 1.807) is 128 Å². The molecule has 3 heterocycles. The number of carboxylic acids is 5. The number of carbonyl (C=O) groups is 5. The van der Waals surface area contributed by atoms with E-state index >= 15 is 0 Å². The Balaban J connectivity index is 0.000000201. The van der Waals surface area contributed by atoms with Crippen molar-refractivity contribution in [3.8, 4) is 33.4 Å². The highest BCUT2D eigenvalue weighted by atomic mass is 32.1. The molecule has 0 aliphatic carbocycles. The van der Waals surface area contributed by atoms with Crippen molar-refractivity contribution in [1.82, 2.24) is 15.0 Å². The number of hydrogen-bond acceptors (Lipinski definition) is 14. The lowest BCUT2D eigenvalue weighted by Gasteiger charge is -2.35. The van der Waals surface area contributed by atoms with Gasteiger partial charge in [0.05, 0.1) is 44.8 Å². The van der Waals surface area contributed by atoms with Crippen molar-refractivity contribution in [2.45, 2.75) is 115 Å². The molecule has 0 saturated heterocycles. The Kier molecular flexibility index (Phi) is 20.4. The average molecular weight is 1170 g/mol. The number of nitrogen functional groups attached to an aromatic ring is 1. The van der Waals surface area contributed by atoms with Crippen LogP contribution in [0.2, 0.25) is 0 Å². The molecule has 0 radical (unpaired) electrons. The first-order valence-electron chi connectivity index (χ1n) is 26.1. The molecule has 0 saturated carbocycles. The molecule has 0 amide bonds. The quantitative estimate of drug-likeness (QED) is 0.0410. The Morgan fingerprint density at radius 1 is 0.434 bits per heavy atom. The predicted molar refractivity (Wildman–Crippen MR) is 319 cm³/mol. The second kappa shape index (κ2) is 26.6. The lowest BCUT2D eigenvalue weighted by molar-refractivity contribution is -0.199. The minimum atomic E-state index is -2.37. The molecule has 3 aromatic heterocycles. The van der Waals surface area contributed by atoms with Gasteiger partial charge < -0.3 is 45.5 Å². The molecule has 83 heavy (non-hydrogen) atoms. The molecule has 0 bridgehead atoms. The molecular formula is C64H68N4O13S2. The number of anilines is 1. The van der Waals surface area contributed by atoms with Crippen LogP contribution >= 0.6 is 22.7 Å². The van der Waals surface area contributed by atoms with E-state index in [4.69, 9.17) is 19.9 Å². The molecule has 5 aromatic carbocycles. The molecule has 0 fully saturated rings. The fourth-order valence-corrected chi connectivity index (χ4v) is 10.3. The molecule has 7 N–H and O–H groups in total. The third-order valence-electron chi connectivity index (χ3n) is 12.5. The van der Waals surface area contributed by atoms with Crippen molar-refractivity contribution in [1.29, 1.82) is 0 Å². The second-order valence-electron chi connectivity index (χ2n) is 22.4. The molecule has 8 rings (SSSR count). The summed E-state index contributed by atoms with van der Waals surface area (Å²) < 4.78 is 17.6. The van der Waals surface area contributed by atoms with Gasteiger partial charge in [-0.2, -0.15) is 0 Å². The van der Waals surface area contributed by atoms with E-state index in [1.807, 2.05) is 90.1 Å². The number of benzene rings is 5. The highest BCUT2D eigenvalue weighted by Gasteiger charge is 2.51. The van der Waals surface area contributed by atoms with Crippen LogP contribution < -0.4 is 5.73 Å². The van der Waals surface area contributed by atoms with Crippen LogP contribution in [0.1, 0.15) is 101 Å². The third kappa shape index (κ3) is 16.6. The standard InChI is InChI=1S/C23H23NO5S.C22H23NO3S.C19H22N2O5/c1-22(2,3)29-23(21(27)28,19-13-30-14-24-19)12-15-8-10-16(11-9-15)17-6-4-5-7-18(17)20(25)26;1-21(2,3)26-22(20(24)25,19-14-27-15-23-19)13-16-9-11-18(12-10-16)17-7-5-4-6-8-17;1-18(2,3)26-19(16(22)23,17(24)25)11-12-6-8-13(9-7-12)14-5-4-10-21-15(14)20/h4-11,13-14H,12H2,1-3H3,(H,25,26)(H,27,28);4-12,14-15H,13H2,1-3H3,(H,24,25);4-10H,11H2,1-3H3,(H2,20,21)(H,22,23)(H,24,25). The van der Waals surface area contributed by atoms with Gasteiger partial charge in [-0.3, -0.25) is 0 Å². The van der Waals surface area contributed by atoms with Crippen molar-refractivity contribution in [2.24, 2.45) is 0 Å². The number of thiazole rings is 2. The zero-order valence-electron chi connectivity index (χ0n) is 47.5. The molecular weight excluding hydrogens is 1100 g/mol. The van der Waals surface area contributed by atoms with Crippen molar-refractivity contribution < 1.29 is 63.7 Å². The number of pyridine rings is 1. The summed E-state index contributed by atoms with van der Waals surface area (Å²) in [5.74, 6) is -5.84. The van der Waals surface area contributed by atoms with E-state index in [0.717, 1.165) is 38.9 Å². The summed E-state index contributed by atoms with van der Waals surface area (Å²) in [5, 5.41) is 52.2. The third-order valence-corrected chi connectivity index (χ3v) is 13.6. The number of aromatic carboxylic acids is 1. The number of rotatable bonds is 19. The Hall–Kier alpha value is -8.46. The molecule has 8 aromatic rings. The topological polar surface area (TPSA) is 279 Å². The van der Waals surface area contributed by atoms with Crippen LogP contribution in [0.3, 0.4) is 0 Å². The first-order valence-corrected chi connectivity index (χ1v) is 28.0. The predicted octanol–water partition coefficient (Wildman–Crippen LogP) is 12.6. The van der Waals surface area contributed by atoms with E-state index in [0.29, 0.717) is 28.3 Å². The van der Waals surface area contributed by atoms with Gasteiger partial charge >= 0.3 is 29.8 Å². The summed E-state index contributed by atoms with van der Waals surface area (Å²) in [6, 6.07) is 42.3. The first-order chi connectivity index (χ1) is 39.0. The number of aliphatic carboxylic acids is 4. The zero-order valence-corrected chi connectivity index (χ0v) is 49.2. The molecule has 0 spiro atoms. The van der Waals surface area contributed by atoms with Gasteiger partial charge in [0, 0.05) is 41.8 Å². The van der Waals surface area contributed by atoms with Crippen LogP contribution in [0.25, 0.3) is 33.4 Å². The fourth-order valence-electron chi connectivity index (χ4n) is 9.07. The Morgan fingerprint density at radius 3 is 1.20 bits per heavy atom. The van der Waals surface area contributed by atoms with E-state index < -0.39 is 63.5 Å². The number of aromatic nitrogens is 3. The van der Waals surface area contributed by atoms with E-state index in [1.165, 1.54) is 22.7 Å². The molecule has 17 nitrogen and oxygen atoms in total. The van der Waals surface area contributed by atoms with Crippen LogP contribution in [0, 0.1) is 0 Å². The van der Waals surface area contributed by atoms with Crippen LogP contribution in [0.4, 0.5) is 5.82 Å². The molecule has 434 valence electrons. The number of hydrogen-bond donors (Lipinski definition) is 6. The van der Waals surface area contributed by atoms with Gasteiger partial charge in [0.2, 0.25) is 11.2 Å². The largest absolute Gasteiger partial charge is 0.479 e. The van der Waals surface area contributed by atoms with Crippen molar-refractivity contribution in [2.75, 3.05) is 5.73 Å². The molecule has 0 aliphatic heterocycles. The van der Waals surface area contributed by atoms with Gasteiger partial charge in [0.15, 0.2) is 0 Å². The van der Waals surface area contributed by atoms with E-state index in [-0.39, 0.29) is 24.8 Å². The molecule has 2 unspecified atom stereocenters. The van der Waals surface area contributed by atoms with Crippen LogP contribution in [-0.2, 0) is 63.9 Å². The van der Waals surface area contributed by atoms with E-state index in [2.05, 4.69) is 27.1 Å². The van der Waals surface area contributed by atoms with Gasteiger partial charge in [-0.25, -0.2) is 38.9 Å². The fraction of sp³-hybridized carbons (Fsp3) is 0.281. The maximum absolute atomic E-state index is 12.4. The highest BCUT2D eigenvalue weighted by Crippen LogP contribution is 2.38. The zero-order chi connectivity index (χ0) is 61.0. The van der Waals surface area contributed by atoms with Crippen LogP contribution in [0.5, 0.6) is 0 Å². The SMILES string of the molecule is CC(C)(C)OC(Cc1ccc(-c2ccccc2)cc1)(C(=O)O)c1cscn1.CC(C)(C)OC(Cc1ccc(-c2ccccc2C(=O)O)cc1)(C(=O)O)c1cscn1.CC(C)(C)OC(Cc1ccc(-c2cccnc2N)cc1)(C(=O)O)C(=O)O. The lowest BCUT2D eigenvalue weighted by Crippen LogP contribution is -2.54. The molecule has 0 aliphatic rings. The molecule has 19 heteroatoms. The van der Waals surface area contributed by atoms with Gasteiger partial charge in [-0.15, -0.1) is 22.7 Å². The Bertz CT molecular complexity index is 3450. The van der Waals surface area contributed by atoms with Crippen LogP contribution in [0.15, 0.2) is 168 Å². The van der Waals surface area contributed by atoms with Crippen molar-refractivity contribution in [3.05, 3.63) is 201 Å².